The van der Waals surface area contributed by atoms with Crippen LogP contribution >= 0.6 is 0 Å². The second kappa shape index (κ2) is 7.75. The van der Waals surface area contributed by atoms with Crippen LogP contribution in [0, 0.1) is 0 Å². The summed E-state index contributed by atoms with van der Waals surface area (Å²) < 4.78 is 4.69. The molecule has 6 heteroatoms. The first-order valence-corrected chi connectivity index (χ1v) is 6.78. The number of carbonyl (C=O) groups excluding carboxylic acids is 2. The van der Waals surface area contributed by atoms with E-state index in [9.17, 15) is 24.9 Å². The lowest BCUT2D eigenvalue weighted by atomic mass is 9.97. The summed E-state index contributed by atoms with van der Waals surface area (Å²) in [5.74, 6) is -1.08. The number of hydrogen-bond donors (Lipinski definition) is 3. The summed E-state index contributed by atoms with van der Waals surface area (Å²) >= 11 is 0. The van der Waals surface area contributed by atoms with Crippen LogP contribution in [0.15, 0.2) is 18.2 Å². The van der Waals surface area contributed by atoms with E-state index in [0.717, 1.165) is 0 Å². The molecular formula is C15H20O6. The number of Topliss-reactive ketones (excluding diaryl/α,β-unsaturated/α-hetero) is 1. The number of benzene rings is 1. The van der Waals surface area contributed by atoms with Gasteiger partial charge in [0.15, 0.2) is 5.78 Å². The zero-order chi connectivity index (χ0) is 16.0. The predicted octanol–water partition coefficient (Wildman–Crippen LogP) is 1.33. The van der Waals surface area contributed by atoms with Gasteiger partial charge >= 0.3 is 5.97 Å². The summed E-state index contributed by atoms with van der Waals surface area (Å²) in [7, 11) is 0. The molecule has 2 atom stereocenters. The number of aliphatic hydroxyl groups is 2. The van der Waals surface area contributed by atoms with E-state index < -0.39 is 18.2 Å². The van der Waals surface area contributed by atoms with E-state index in [2.05, 4.69) is 0 Å². The van der Waals surface area contributed by atoms with Gasteiger partial charge in [-0.15, -0.1) is 0 Å². The van der Waals surface area contributed by atoms with Crippen LogP contribution in [-0.2, 0) is 9.53 Å². The van der Waals surface area contributed by atoms with Crippen LogP contribution in [0.2, 0.25) is 0 Å². The highest BCUT2D eigenvalue weighted by atomic mass is 16.5. The lowest BCUT2D eigenvalue weighted by molar-refractivity contribution is -0.147. The summed E-state index contributed by atoms with van der Waals surface area (Å²) in [6.07, 6.45) is -2.84. The first-order chi connectivity index (χ1) is 9.90. The van der Waals surface area contributed by atoms with Crippen LogP contribution in [-0.4, -0.2) is 39.8 Å². The fourth-order valence-corrected chi connectivity index (χ4v) is 1.88. The second-order valence-corrected chi connectivity index (χ2v) is 4.57. The summed E-state index contributed by atoms with van der Waals surface area (Å²) in [5, 5.41) is 29.5. The summed E-state index contributed by atoms with van der Waals surface area (Å²) in [4.78, 5) is 22.9. The minimum absolute atomic E-state index is 0.0809. The number of hydrogen-bond acceptors (Lipinski definition) is 6. The SMILES string of the molecule is CCOC(=O)CC(O)C(O)c1ccc(O)c(C(=O)CC)c1. The van der Waals surface area contributed by atoms with Crippen molar-refractivity contribution < 1.29 is 29.6 Å². The molecule has 3 N–H and O–H groups in total. The Bertz CT molecular complexity index is 511. The largest absolute Gasteiger partial charge is 0.507 e. The van der Waals surface area contributed by atoms with Crippen molar-refractivity contribution in [2.75, 3.05) is 6.61 Å². The molecule has 0 heterocycles. The first kappa shape index (κ1) is 17.1. The number of aliphatic hydroxyl groups excluding tert-OH is 2. The highest BCUT2D eigenvalue weighted by Crippen LogP contribution is 2.26. The van der Waals surface area contributed by atoms with Crippen molar-refractivity contribution in [2.24, 2.45) is 0 Å². The topological polar surface area (TPSA) is 104 Å². The fraction of sp³-hybridized carbons (Fsp3) is 0.467. The van der Waals surface area contributed by atoms with Gasteiger partial charge in [0.05, 0.1) is 24.7 Å². The zero-order valence-corrected chi connectivity index (χ0v) is 12.1. The van der Waals surface area contributed by atoms with E-state index in [0.29, 0.717) is 0 Å². The van der Waals surface area contributed by atoms with Gasteiger partial charge in [-0.2, -0.15) is 0 Å². The molecule has 0 fully saturated rings. The Morgan fingerprint density at radius 1 is 1.24 bits per heavy atom. The minimum Gasteiger partial charge on any atom is -0.507 e. The van der Waals surface area contributed by atoms with Gasteiger partial charge in [0.2, 0.25) is 0 Å². The highest BCUT2D eigenvalue weighted by molar-refractivity contribution is 5.98. The molecular weight excluding hydrogens is 276 g/mol. The molecule has 0 radical (unpaired) electrons. The monoisotopic (exact) mass is 296 g/mol. The first-order valence-electron chi connectivity index (χ1n) is 6.78. The Hall–Kier alpha value is -1.92. The Balaban J connectivity index is 2.89. The van der Waals surface area contributed by atoms with Crippen LogP contribution in [0.4, 0.5) is 0 Å². The van der Waals surface area contributed by atoms with Gasteiger partial charge in [-0.25, -0.2) is 0 Å². The lowest BCUT2D eigenvalue weighted by Gasteiger charge is -2.18. The molecule has 2 unspecified atom stereocenters. The molecule has 21 heavy (non-hydrogen) atoms. The quantitative estimate of drug-likeness (QED) is 0.518. The van der Waals surface area contributed by atoms with Gasteiger partial charge in [-0.3, -0.25) is 9.59 Å². The Morgan fingerprint density at radius 3 is 2.48 bits per heavy atom. The molecule has 0 aliphatic rings. The smallest absolute Gasteiger partial charge is 0.308 e. The van der Waals surface area contributed by atoms with Crippen LogP contribution in [0.5, 0.6) is 5.75 Å². The van der Waals surface area contributed by atoms with Crippen LogP contribution in [0.25, 0.3) is 0 Å². The molecule has 0 saturated carbocycles. The molecule has 0 saturated heterocycles. The molecule has 1 aromatic rings. The molecule has 0 aliphatic heterocycles. The normalized spacial score (nSPS) is 13.5. The number of aromatic hydroxyl groups is 1. The molecule has 1 rings (SSSR count). The molecule has 0 spiro atoms. The van der Waals surface area contributed by atoms with Crippen LogP contribution < -0.4 is 0 Å². The molecule has 1 aromatic carbocycles. The van der Waals surface area contributed by atoms with Crippen molar-refractivity contribution in [3.63, 3.8) is 0 Å². The van der Waals surface area contributed by atoms with Crippen molar-refractivity contribution in [3.05, 3.63) is 29.3 Å². The maximum Gasteiger partial charge on any atom is 0.308 e. The van der Waals surface area contributed by atoms with Gasteiger partial charge in [-0.1, -0.05) is 13.0 Å². The number of ketones is 1. The van der Waals surface area contributed by atoms with E-state index in [1.54, 1.807) is 13.8 Å². The van der Waals surface area contributed by atoms with Crippen molar-refractivity contribution in [3.8, 4) is 5.75 Å². The summed E-state index contributed by atoms with van der Waals surface area (Å²) in [6.45, 7) is 3.49. The highest BCUT2D eigenvalue weighted by Gasteiger charge is 2.23. The van der Waals surface area contributed by atoms with Gasteiger partial charge in [0, 0.05) is 6.42 Å². The third-order valence-corrected chi connectivity index (χ3v) is 3.03. The molecule has 0 aromatic heterocycles. The van der Waals surface area contributed by atoms with E-state index >= 15 is 0 Å². The Morgan fingerprint density at radius 2 is 1.90 bits per heavy atom. The minimum atomic E-state index is -1.35. The Kier molecular flexibility index (Phi) is 6.33. The second-order valence-electron chi connectivity index (χ2n) is 4.57. The number of carbonyl (C=O) groups is 2. The van der Waals surface area contributed by atoms with Gasteiger partial charge < -0.3 is 20.1 Å². The third kappa shape index (κ3) is 4.54. The van der Waals surface area contributed by atoms with Crippen molar-refractivity contribution in [1.82, 2.24) is 0 Å². The van der Waals surface area contributed by atoms with Crippen LogP contribution in [0.1, 0.15) is 48.7 Å². The average Bonchev–Trinajstić information content (AvgIpc) is 2.46. The molecule has 116 valence electrons. The van der Waals surface area contributed by atoms with E-state index in [1.165, 1.54) is 18.2 Å². The van der Waals surface area contributed by atoms with Crippen LogP contribution in [0.3, 0.4) is 0 Å². The maximum atomic E-state index is 11.7. The molecule has 6 nitrogen and oxygen atoms in total. The number of rotatable bonds is 7. The number of ether oxygens (including phenoxy) is 1. The Labute approximate surface area is 123 Å². The standard InChI is InChI=1S/C15H20O6/c1-3-11(16)10-7-9(5-6-12(10)17)15(20)13(18)8-14(19)21-4-2/h5-7,13,15,17-18,20H,3-4,8H2,1-2H3. The van der Waals surface area contributed by atoms with Gasteiger partial charge in [0.25, 0.3) is 0 Å². The maximum absolute atomic E-state index is 11.7. The van der Waals surface area contributed by atoms with Crippen molar-refractivity contribution in [1.29, 1.82) is 0 Å². The fourth-order valence-electron chi connectivity index (χ4n) is 1.88. The van der Waals surface area contributed by atoms with Crippen molar-refractivity contribution >= 4 is 11.8 Å². The van der Waals surface area contributed by atoms with E-state index in [1.807, 2.05) is 0 Å². The van der Waals surface area contributed by atoms with Crippen molar-refractivity contribution in [2.45, 2.75) is 38.9 Å². The number of esters is 1. The van der Waals surface area contributed by atoms with Gasteiger partial charge in [0.1, 0.15) is 11.9 Å². The third-order valence-electron chi connectivity index (χ3n) is 3.03. The van der Waals surface area contributed by atoms with E-state index in [-0.39, 0.29) is 42.1 Å². The molecule has 0 bridgehead atoms. The predicted molar refractivity (Wildman–Crippen MR) is 74.9 cm³/mol. The molecule has 0 amide bonds. The number of phenols is 1. The summed E-state index contributed by atoms with van der Waals surface area (Å²) in [5.41, 5.74) is 0.332. The van der Waals surface area contributed by atoms with Gasteiger partial charge in [-0.05, 0) is 24.6 Å². The molecule has 0 aliphatic carbocycles. The summed E-state index contributed by atoms with van der Waals surface area (Å²) in [6, 6.07) is 3.99. The number of phenolic OH excluding ortho intramolecular Hbond substituents is 1. The lowest BCUT2D eigenvalue weighted by Crippen LogP contribution is -2.23. The zero-order valence-electron chi connectivity index (χ0n) is 12.1. The van der Waals surface area contributed by atoms with E-state index in [4.69, 9.17) is 4.74 Å². The average molecular weight is 296 g/mol.